The summed E-state index contributed by atoms with van der Waals surface area (Å²) in [6.45, 7) is 6.71. The molecule has 20 heavy (non-hydrogen) atoms. The largest absolute Gasteiger partial charge is 0.337 e. The summed E-state index contributed by atoms with van der Waals surface area (Å²) in [5.74, 6) is 0.848. The average molecular weight is 276 g/mol. The van der Waals surface area contributed by atoms with Gasteiger partial charge in [-0.05, 0) is 44.0 Å². The van der Waals surface area contributed by atoms with Crippen molar-refractivity contribution in [2.45, 2.75) is 26.3 Å². The van der Waals surface area contributed by atoms with Crippen molar-refractivity contribution in [3.63, 3.8) is 0 Å². The summed E-state index contributed by atoms with van der Waals surface area (Å²) in [6, 6.07) is 5.55. The Hall–Kier alpha value is -1.62. The first kappa shape index (κ1) is 14.8. The predicted octanol–water partition coefficient (Wildman–Crippen LogP) is 1.61. The van der Waals surface area contributed by atoms with Crippen LogP contribution in [0, 0.1) is 5.92 Å². The van der Waals surface area contributed by atoms with Crippen LogP contribution in [0.5, 0.6) is 0 Å². The quantitative estimate of drug-likeness (QED) is 0.859. The fourth-order valence-electron chi connectivity index (χ4n) is 2.35. The Kier molecular flexibility index (Phi) is 5.80. The zero-order chi connectivity index (χ0) is 14.2. The Morgan fingerprint density at radius 2 is 2.15 bits per heavy atom. The van der Waals surface area contributed by atoms with Crippen LogP contribution in [0.1, 0.15) is 25.5 Å². The van der Waals surface area contributed by atoms with Gasteiger partial charge in [0.25, 0.3) is 0 Å². The number of aromatic nitrogens is 1. The van der Waals surface area contributed by atoms with Gasteiger partial charge in [-0.1, -0.05) is 13.0 Å². The Balaban J connectivity index is 1.56. The minimum Gasteiger partial charge on any atom is -0.337 e. The van der Waals surface area contributed by atoms with E-state index in [1.54, 1.807) is 6.20 Å². The van der Waals surface area contributed by atoms with E-state index in [1.165, 1.54) is 12.8 Å². The zero-order valence-corrected chi connectivity index (χ0v) is 12.1. The number of nitrogens with one attached hydrogen (secondary N) is 2. The van der Waals surface area contributed by atoms with Crippen LogP contribution in [0.25, 0.3) is 0 Å². The maximum Gasteiger partial charge on any atom is 0.315 e. The van der Waals surface area contributed by atoms with E-state index in [-0.39, 0.29) is 6.03 Å². The summed E-state index contributed by atoms with van der Waals surface area (Å²) in [6.07, 6.45) is 4.27. The molecule has 0 aromatic carbocycles. The van der Waals surface area contributed by atoms with E-state index in [9.17, 15) is 4.79 Å². The fraction of sp³-hybridized carbons (Fsp3) is 0.600. The van der Waals surface area contributed by atoms with Gasteiger partial charge in [-0.25, -0.2) is 4.79 Å². The first-order valence-corrected chi connectivity index (χ1v) is 7.38. The minimum absolute atomic E-state index is 0.124. The van der Waals surface area contributed by atoms with Gasteiger partial charge < -0.3 is 15.5 Å². The lowest BCUT2D eigenvalue weighted by atomic mass is 9.99. The molecule has 5 heteroatoms. The second kappa shape index (κ2) is 7.85. The smallest absolute Gasteiger partial charge is 0.315 e. The molecule has 0 bridgehead atoms. The van der Waals surface area contributed by atoms with Gasteiger partial charge in [-0.15, -0.1) is 0 Å². The Bertz CT molecular complexity index is 402. The molecule has 5 nitrogen and oxygen atoms in total. The summed E-state index contributed by atoms with van der Waals surface area (Å²) in [4.78, 5) is 18.2. The van der Waals surface area contributed by atoms with Crippen LogP contribution in [0.4, 0.5) is 4.79 Å². The summed E-state index contributed by atoms with van der Waals surface area (Å²) in [5.41, 5.74) is 0.868. The molecule has 1 aliphatic rings. The highest BCUT2D eigenvalue weighted by molar-refractivity contribution is 5.73. The number of amides is 2. The van der Waals surface area contributed by atoms with Crippen molar-refractivity contribution in [1.82, 2.24) is 20.5 Å². The second-order valence-corrected chi connectivity index (χ2v) is 5.45. The molecule has 0 aliphatic carbocycles. The van der Waals surface area contributed by atoms with Crippen LogP contribution in [0.15, 0.2) is 24.4 Å². The third kappa shape index (κ3) is 5.17. The van der Waals surface area contributed by atoms with Crippen molar-refractivity contribution >= 4 is 6.03 Å². The van der Waals surface area contributed by atoms with Gasteiger partial charge in [0.1, 0.15) is 0 Å². The second-order valence-electron chi connectivity index (χ2n) is 5.45. The SMILES string of the molecule is CC1CCN(CCNC(=O)NCc2ccccn2)CC1. The van der Waals surface area contributed by atoms with Crippen LogP contribution in [-0.4, -0.2) is 42.1 Å². The minimum atomic E-state index is -0.124. The summed E-state index contributed by atoms with van der Waals surface area (Å²) < 4.78 is 0. The molecule has 0 unspecified atom stereocenters. The lowest BCUT2D eigenvalue weighted by molar-refractivity contribution is 0.191. The molecule has 2 N–H and O–H groups in total. The zero-order valence-electron chi connectivity index (χ0n) is 12.1. The van der Waals surface area contributed by atoms with E-state index in [0.29, 0.717) is 13.1 Å². The van der Waals surface area contributed by atoms with E-state index >= 15 is 0 Å². The molecule has 0 atom stereocenters. The molecule has 1 aliphatic heterocycles. The van der Waals surface area contributed by atoms with Crippen LogP contribution in [0.3, 0.4) is 0 Å². The lowest BCUT2D eigenvalue weighted by Crippen LogP contribution is -2.42. The Morgan fingerprint density at radius 3 is 2.85 bits per heavy atom. The summed E-state index contributed by atoms with van der Waals surface area (Å²) in [7, 11) is 0. The van der Waals surface area contributed by atoms with Crippen molar-refractivity contribution in [3.8, 4) is 0 Å². The molecule has 110 valence electrons. The number of likely N-dealkylation sites (tertiary alicyclic amines) is 1. The number of hydrogen-bond donors (Lipinski definition) is 2. The first-order chi connectivity index (χ1) is 9.74. The molecule has 2 amide bonds. The van der Waals surface area contributed by atoms with Crippen molar-refractivity contribution in [2.24, 2.45) is 5.92 Å². The highest BCUT2D eigenvalue weighted by Gasteiger charge is 2.15. The maximum atomic E-state index is 11.6. The first-order valence-electron chi connectivity index (χ1n) is 7.38. The molecule has 1 saturated heterocycles. The summed E-state index contributed by atoms with van der Waals surface area (Å²) in [5, 5.41) is 5.70. The van der Waals surface area contributed by atoms with Crippen molar-refractivity contribution in [3.05, 3.63) is 30.1 Å². The van der Waals surface area contributed by atoms with E-state index in [1.807, 2.05) is 18.2 Å². The number of pyridine rings is 1. The molecule has 1 aromatic heterocycles. The van der Waals surface area contributed by atoms with E-state index in [0.717, 1.165) is 31.2 Å². The number of carbonyl (C=O) groups excluding carboxylic acids is 1. The molecular formula is C15H24N4O. The molecule has 2 heterocycles. The van der Waals surface area contributed by atoms with E-state index in [2.05, 4.69) is 27.4 Å². The third-order valence-corrected chi connectivity index (χ3v) is 3.75. The van der Waals surface area contributed by atoms with Gasteiger partial charge in [0.15, 0.2) is 0 Å². The number of urea groups is 1. The molecule has 1 fully saturated rings. The number of piperidine rings is 1. The molecule has 0 radical (unpaired) electrons. The average Bonchev–Trinajstić information content (AvgIpc) is 2.48. The van der Waals surface area contributed by atoms with Gasteiger partial charge in [-0.2, -0.15) is 0 Å². The topological polar surface area (TPSA) is 57.3 Å². The van der Waals surface area contributed by atoms with E-state index < -0.39 is 0 Å². The molecule has 0 saturated carbocycles. The van der Waals surface area contributed by atoms with E-state index in [4.69, 9.17) is 0 Å². The number of rotatable bonds is 5. The number of nitrogens with zero attached hydrogens (tertiary/aromatic N) is 2. The Labute approximate surface area is 120 Å². The van der Waals surface area contributed by atoms with Crippen LogP contribution < -0.4 is 10.6 Å². The molecular weight excluding hydrogens is 252 g/mol. The Morgan fingerprint density at radius 1 is 1.35 bits per heavy atom. The van der Waals surface area contributed by atoms with Gasteiger partial charge in [0.2, 0.25) is 0 Å². The van der Waals surface area contributed by atoms with Crippen LogP contribution in [0.2, 0.25) is 0 Å². The van der Waals surface area contributed by atoms with Gasteiger partial charge >= 0.3 is 6.03 Å². The van der Waals surface area contributed by atoms with Crippen LogP contribution >= 0.6 is 0 Å². The van der Waals surface area contributed by atoms with Gasteiger partial charge in [-0.3, -0.25) is 4.98 Å². The third-order valence-electron chi connectivity index (χ3n) is 3.75. The summed E-state index contributed by atoms with van der Waals surface area (Å²) >= 11 is 0. The van der Waals surface area contributed by atoms with Gasteiger partial charge in [0, 0.05) is 19.3 Å². The normalized spacial score (nSPS) is 16.9. The highest BCUT2D eigenvalue weighted by Crippen LogP contribution is 2.14. The van der Waals surface area contributed by atoms with Crippen molar-refractivity contribution in [2.75, 3.05) is 26.2 Å². The standard InChI is InChI=1S/C15H24N4O/c1-13-5-9-19(10-6-13)11-8-17-15(20)18-12-14-4-2-3-7-16-14/h2-4,7,13H,5-6,8-12H2,1H3,(H2,17,18,20). The fourth-order valence-corrected chi connectivity index (χ4v) is 2.35. The van der Waals surface area contributed by atoms with Crippen molar-refractivity contribution < 1.29 is 4.79 Å². The predicted molar refractivity (Wildman–Crippen MR) is 79.3 cm³/mol. The maximum absolute atomic E-state index is 11.6. The monoisotopic (exact) mass is 276 g/mol. The molecule has 2 rings (SSSR count). The van der Waals surface area contributed by atoms with Gasteiger partial charge in [0.05, 0.1) is 12.2 Å². The number of hydrogen-bond acceptors (Lipinski definition) is 3. The lowest BCUT2D eigenvalue weighted by Gasteiger charge is -2.30. The van der Waals surface area contributed by atoms with Crippen LogP contribution in [-0.2, 0) is 6.54 Å². The number of carbonyl (C=O) groups is 1. The molecule has 0 spiro atoms. The highest BCUT2D eigenvalue weighted by atomic mass is 16.2. The van der Waals surface area contributed by atoms with Crippen molar-refractivity contribution in [1.29, 1.82) is 0 Å². The molecule has 1 aromatic rings.